The van der Waals surface area contributed by atoms with E-state index in [1.165, 1.54) is 0 Å². The second-order valence-corrected chi connectivity index (χ2v) is 6.52. The molecule has 3 rings (SSSR count). The summed E-state index contributed by atoms with van der Waals surface area (Å²) in [5.74, 6) is 1.25. The van der Waals surface area contributed by atoms with Crippen LogP contribution in [-0.2, 0) is 11.3 Å². The summed E-state index contributed by atoms with van der Waals surface area (Å²) < 4.78 is 11.5. The van der Waals surface area contributed by atoms with Crippen molar-refractivity contribution in [3.05, 3.63) is 52.5 Å². The average Bonchev–Trinajstić information content (AvgIpc) is 3.10. The zero-order valence-corrected chi connectivity index (χ0v) is 15.5. The molecule has 136 valence electrons. The Balaban J connectivity index is 1.35. The maximum Gasteiger partial charge on any atom is 0.319 e. The number of carbonyl (C=O) groups excluding carboxylic acids is 2. The third kappa shape index (κ3) is 5.13. The van der Waals surface area contributed by atoms with Crippen LogP contribution in [0.1, 0.15) is 12.0 Å². The predicted molar refractivity (Wildman–Crippen MR) is 100 cm³/mol. The van der Waals surface area contributed by atoms with Gasteiger partial charge in [0.1, 0.15) is 0 Å². The smallest absolute Gasteiger partial charge is 0.319 e. The molecule has 0 saturated carbocycles. The summed E-state index contributed by atoms with van der Waals surface area (Å²) >= 11 is 3.33. The second-order valence-electron chi connectivity index (χ2n) is 5.60. The molecule has 2 aromatic carbocycles. The third-order valence-electron chi connectivity index (χ3n) is 3.67. The van der Waals surface area contributed by atoms with Crippen molar-refractivity contribution in [1.29, 1.82) is 0 Å². The summed E-state index contributed by atoms with van der Waals surface area (Å²) in [6, 6.07) is 12.4. The maximum absolute atomic E-state index is 11.9. The van der Waals surface area contributed by atoms with Crippen LogP contribution in [0.4, 0.5) is 10.5 Å². The lowest BCUT2D eigenvalue weighted by Crippen LogP contribution is -2.33. The second kappa shape index (κ2) is 8.57. The molecule has 26 heavy (non-hydrogen) atoms. The van der Waals surface area contributed by atoms with Crippen molar-refractivity contribution in [3.8, 4) is 11.5 Å². The van der Waals surface area contributed by atoms with E-state index in [1.54, 1.807) is 12.1 Å². The van der Waals surface area contributed by atoms with Crippen LogP contribution < -0.4 is 25.4 Å². The van der Waals surface area contributed by atoms with Crippen LogP contribution in [0.25, 0.3) is 0 Å². The molecule has 0 bridgehead atoms. The SMILES string of the molecule is O=C(CCNC(=O)Nc1ccc(Br)cc1)NCc1ccc2c(c1)OCO2. The average molecular weight is 420 g/mol. The van der Waals surface area contributed by atoms with Gasteiger partial charge < -0.3 is 25.4 Å². The fourth-order valence-electron chi connectivity index (χ4n) is 2.34. The molecule has 0 radical (unpaired) electrons. The van der Waals surface area contributed by atoms with Crippen molar-refractivity contribution in [2.45, 2.75) is 13.0 Å². The summed E-state index contributed by atoms with van der Waals surface area (Å²) in [5.41, 5.74) is 1.60. The number of hydrogen-bond donors (Lipinski definition) is 3. The van der Waals surface area contributed by atoms with Crippen molar-refractivity contribution in [2.24, 2.45) is 0 Å². The molecule has 1 aliphatic heterocycles. The highest BCUT2D eigenvalue weighted by Crippen LogP contribution is 2.32. The number of urea groups is 1. The summed E-state index contributed by atoms with van der Waals surface area (Å²) in [6.07, 6.45) is 0.193. The minimum atomic E-state index is -0.351. The third-order valence-corrected chi connectivity index (χ3v) is 4.20. The zero-order chi connectivity index (χ0) is 18.4. The number of halogens is 1. The lowest BCUT2D eigenvalue weighted by Gasteiger charge is -2.09. The van der Waals surface area contributed by atoms with Crippen molar-refractivity contribution >= 4 is 33.6 Å². The number of nitrogens with one attached hydrogen (secondary N) is 3. The molecule has 1 heterocycles. The van der Waals surface area contributed by atoms with Gasteiger partial charge in [0, 0.05) is 29.7 Å². The summed E-state index contributed by atoms with van der Waals surface area (Å²) in [6.45, 7) is 0.856. The number of hydrogen-bond acceptors (Lipinski definition) is 4. The quantitative estimate of drug-likeness (QED) is 0.671. The van der Waals surface area contributed by atoms with E-state index in [0.29, 0.717) is 23.7 Å². The van der Waals surface area contributed by atoms with Gasteiger partial charge in [-0.15, -0.1) is 0 Å². The lowest BCUT2D eigenvalue weighted by molar-refractivity contribution is -0.121. The van der Waals surface area contributed by atoms with Crippen LogP contribution in [0.3, 0.4) is 0 Å². The minimum Gasteiger partial charge on any atom is -0.454 e. The van der Waals surface area contributed by atoms with Crippen molar-refractivity contribution in [3.63, 3.8) is 0 Å². The Morgan fingerprint density at radius 1 is 1.00 bits per heavy atom. The highest BCUT2D eigenvalue weighted by molar-refractivity contribution is 9.10. The molecule has 0 atom stereocenters. The van der Waals surface area contributed by atoms with Gasteiger partial charge in [-0.3, -0.25) is 4.79 Å². The van der Waals surface area contributed by atoms with E-state index >= 15 is 0 Å². The van der Waals surface area contributed by atoms with Gasteiger partial charge in [-0.25, -0.2) is 4.79 Å². The van der Waals surface area contributed by atoms with E-state index < -0.39 is 0 Å². The first kappa shape index (κ1) is 18.1. The Labute approximate surface area is 159 Å². The fraction of sp³-hybridized carbons (Fsp3) is 0.222. The Morgan fingerprint density at radius 3 is 2.58 bits per heavy atom. The molecular formula is C18H18BrN3O4. The molecule has 3 amide bonds. The molecule has 0 aromatic heterocycles. The predicted octanol–water partition coefficient (Wildman–Crippen LogP) is 3.01. The van der Waals surface area contributed by atoms with Crippen molar-refractivity contribution in [1.82, 2.24) is 10.6 Å². The molecule has 8 heteroatoms. The van der Waals surface area contributed by atoms with Gasteiger partial charge in [-0.1, -0.05) is 22.0 Å². The Hall–Kier alpha value is -2.74. The van der Waals surface area contributed by atoms with Gasteiger partial charge in [0.25, 0.3) is 0 Å². The Bertz CT molecular complexity index is 796. The topological polar surface area (TPSA) is 88.7 Å². The number of anilines is 1. The van der Waals surface area contributed by atoms with Crippen LogP contribution in [0, 0.1) is 0 Å². The molecule has 2 aromatic rings. The van der Waals surface area contributed by atoms with Crippen LogP contribution in [0.2, 0.25) is 0 Å². The van der Waals surface area contributed by atoms with Gasteiger partial charge in [0.2, 0.25) is 12.7 Å². The molecule has 0 aliphatic carbocycles. The minimum absolute atomic E-state index is 0.147. The number of rotatable bonds is 6. The highest BCUT2D eigenvalue weighted by Gasteiger charge is 2.13. The molecule has 0 saturated heterocycles. The molecule has 0 fully saturated rings. The maximum atomic E-state index is 11.9. The molecule has 0 spiro atoms. The van der Waals surface area contributed by atoms with E-state index in [1.807, 2.05) is 30.3 Å². The zero-order valence-electron chi connectivity index (χ0n) is 13.9. The Kier molecular flexibility index (Phi) is 5.96. The number of amides is 3. The molecular weight excluding hydrogens is 402 g/mol. The van der Waals surface area contributed by atoms with Crippen molar-refractivity contribution in [2.75, 3.05) is 18.7 Å². The van der Waals surface area contributed by atoms with E-state index in [9.17, 15) is 9.59 Å². The number of ether oxygens (including phenoxy) is 2. The highest BCUT2D eigenvalue weighted by atomic mass is 79.9. The van der Waals surface area contributed by atoms with E-state index in [4.69, 9.17) is 9.47 Å². The largest absolute Gasteiger partial charge is 0.454 e. The van der Waals surface area contributed by atoms with Crippen molar-refractivity contribution < 1.29 is 19.1 Å². The number of fused-ring (bicyclic) bond motifs is 1. The normalized spacial score (nSPS) is 11.7. The van der Waals surface area contributed by atoms with Gasteiger partial charge >= 0.3 is 6.03 Å². The van der Waals surface area contributed by atoms with E-state index in [2.05, 4.69) is 31.9 Å². The van der Waals surface area contributed by atoms with Crippen LogP contribution in [0.15, 0.2) is 46.9 Å². The number of benzene rings is 2. The molecule has 3 N–H and O–H groups in total. The van der Waals surface area contributed by atoms with Gasteiger partial charge in [-0.05, 0) is 42.0 Å². The summed E-state index contributed by atoms with van der Waals surface area (Å²) in [4.78, 5) is 23.7. The molecule has 1 aliphatic rings. The van der Waals surface area contributed by atoms with Crippen LogP contribution >= 0.6 is 15.9 Å². The molecule has 7 nitrogen and oxygen atoms in total. The van der Waals surface area contributed by atoms with Crippen LogP contribution in [0.5, 0.6) is 11.5 Å². The van der Waals surface area contributed by atoms with E-state index in [0.717, 1.165) is 10.0 Å². The van der Waals surface area contributed by atoms with Gasteiger partial charge in [-0.2, -0.15) is 0 Å². The number of carbonyl (C=O) groups is 2. The first-order valence-corrected chi connectivity index (χ1v) is 8.85. The molecule has 0 unspecified atom stereocenters. The summed E-state index contributed by atoms with van der Waals surface area (Å²) in [7, 11) is 0. The van der Waals surface area contributed by atoms with Gasteiger partial charge in [0.15, 0.2) is 11.5 Å². The van der Waals surface area contributed by atoms with E-state index in [-0.39, 0.29) is 31.7 Å². The first-order valence-electron chi connectivity index (χ1n) is 8.06. The fourth-order valence-corrected chi connectivity index (χ4v) is 2.60. The standard InChI is InChI=1S/C18H18BrN3O4/c19-13-2-4-14(5-3-13)22-18(24)20-8-7-17(23)21-10-12-1-6-15-16(9-12)26-11-25-15/h1-6,9H,7-8,10-11H2,(H,21,23)(H2,20,22,24). The first-order chi connectivity index (χ1) is 12.6. The Morgan fingerprint density at radius 2 is 1.77 bits per heavy atom. The van der Waals surface area contributed by atoms with Crippen LogP contribution in [-0.4, -0.2) is 25.3 Å². The van der Waals surface area contributed by atoms with Gasteiger partial charge in [0.05, 0.1) is 0 Å². The summed E-state index contributed by atoms with van der Waals surface area (Å²) in [5, 5.41) is 8.15. The monoisotopic (exact) mass is 419 g/mol. The lowest BCUT2D eigenvalue weighted by atomic mass is 10.2.